The monoisotopic (exact) mass is 452 g/mol. The molecular formula is C24H25ClN4O3. The number of hydrogen-bond donors (Lipinski definition) is 4. The maximum Gasteiger partial charge on any atom is 0.257 e. The summed E-state index contributed by atoms with van der Waals surface area (Å²) >= 11 is 6.45. The Morgan fingerprint density at radius 1 is 1.12 bits per heavy atom. The normalized spacial score (nSPS) is 11.8. The maximum absolute atomic E-state index is 12.5. The van der Waals surface area contributed by atoms with Gasteiger partial charge in [0, 0.05) is 29.1 Å². The summed E-state index contributed by atoms with van der Waals surface area (Å²) in [6.45, 7) is 5.59. The second-order valence-electron chi connectivity index (χ2n) is 7.79. The summed E-state index contributed by atoms with van der Waals surface area (Å²) in [6.07, 6.45) is 0.222. The first kappa shape index (κ1) is 23.2. The summed E-state index contributed by atoms with van der Waals surface area (Å²) < 4.78 is 0. The van der Waals surface area contributed by atoms with Crippen LogP contribution in [0, 0.1) is 6.92 Å². The molecule has 3 aromatic rings. The highest BCUT2D eigenvalue weighted by Crippen LogP contribution is 2.31. The smallest absolute Gasteiger partial charge is 0.257 e. The van der Waals surface area contributed by atoms with Gasteiger partial charge in [0.2, 0.25) is 0 Å². The summed E-state index contributed by atoms with van der Waals surface area (Å²) in [5.74, 6) is -0.768. The number of anilines is 2. The van der Waals surface area contributed by atoms with E-state index >= 15 is 0 Å². The molecule has 1 heterocycles. The third-order valence-corrected chi connectivity index (χ3v) is 5.05. The van der Waals surface area contributed by atoms with Gasteiger partial charge in [0.1, 0.15) is 5.82 Å². The molecule has 0 saturated carbocycles. The number of nitrogens with two attached hydrogens (primary N) is 1. The number of nitrogens with one attached hydrogen (secondary N) is 2. The molecular weight excluding hydrogens is 428 g/mol. The molecule has 7 nitrogen and oxygen atoms in total. The Hall–Kier alpha value is -3.42. The van der Waals surface area contributed by atoms with E-state index in [-0.39, 0.29) is 23.3 Å². The highest BCUT2D eigenvalue weighted by Gasteiger charge is 2.19. The molecule has 3 rings (SSSR count). The minimum Gasteiger partial charge on any atom is -0.383 e. The van der Waals surface area contributed by atoms with E-state index in [4.69, 9.17) is 17.3 Å². The largest absolute Gasteiger partial charge is 0.383 e. The van der Waals surface area contributed by atoms with Gasteiger partial charge in [0.05, 0.1) is 10.6 Å². The molecule has 0 saturated heterocycles. The Morgan fingerprint density at radius 3 is 2.53 bits per heavy atom. The fraction of sp³-hybridized carbons (Fsp3) is 0.208. The highest BCUT2D eigenvalue weighted by molar-refractivity contribution is 6.33. The average Bonchev–Trinajstić information content (AvgIpc) is 2.73. The fourth-order valence-electron chi connectivity index (χ4n) is 3.17. The van der Waals surface area contributed by atoms with Crippen molar-refractivity contribution in [3.05, 3.63) is 76.4 Å². The lowest BCUT2D eigenvalue weighted by atomic mass is 10.0. The van der Waals surface area contributed by atoms with Crippen molar-refractivity contribution in [1.29, 1.82) is 0 Å². The van der Waals surface area contributed by atoms with Crippen LogP contribution in [0.3, 0.4) is 0 Å². The van der Waals surface area contributed by atoms with E-state index in [9.17, 15) is 14.7 Å². The third kappa shape index (κ3) is 5.43. The zero-order valence-corrected chi connectivity index (χ0v) is 18.8. The zero-order chi connectivity index (χ0) is 23.4. The maximum atomic E-state index is 12.5. The molecule has 0 aliphatic heterocycles. The van der Waals surface area contributed by atoms with Crippen LogP contribution in [-0.4, -0.2) is 27.9 Å². The van der Waals surface area contributed by atoms with Gasteiger partial charge in [0.25, 0.3) is 11.8 Å². The number of hydrogen-bond acceptors (Lipinski definition) is 5. The number of carbonyl (C=O) groups is 2. The molecule has 2 amide bonds. The van der Waals surface area contributed by atoms with Crippen molar-refractivity contribution in [1.82, 2.24) is 10.3 Å². The number of rotatable bonds is 6. The van der Waals surface area contributed by atoms with Crippen LogP contribution in [0.2, 0.25) is 5.02 Å². The quantitative estimate of drug-likeness (QED) is 0.449. The SMILES string of the molecule is Cc1cccc([C@@H](O)C(=O)Nc2ccc(-c3cnc(N)c(C(=O)NC(C)C)c3)c(Cl)c2)c1. The molecule has 5 N–H and O–H groups in total. The molecule has 8 heteroatoms. The topological polar surface area (TPSA) is 117 Å². The van der Waals surface area contributed by atoms with Crippen LogP contribution in [0.5, 0.6) is 0 Å². The lowest BCUT2D eigenvalue weighted by molar-refractivity contribution is -0.124. The van der Waals surface area contributed by atoms with Gasteiger partial charge in [-0.25, -0.2) is 4.98 Å². The van der Waals surface area contributed by atoms with Crippen molar-refractivity contribution < 1.29 is 14.7 Å². The molecule has 0 aliphatic rings. The van der Waals surface area contributed by atoms with Crippen LogP contribution in [-0.2, 0) is 4.79 Å². The summed E-state index contributed by atoms with van der Waals surface area (Å²) in [6, 6.07) is 13.6. The van der Waals surface area contributed by atoms with E-state index in [2.05, 4.69) is 15.6 Å². The zero-order valence-electron chi connectivity index (χ0n) is 18.0. The molecule has 0 fully saturated rings. The summed E-state index contributed by atoms with van der Waals surface area (Å²) in [4.78, 5) is 29.0. The number of pyridine rings is 1. The van der Waals surface area contributed by atoms with E-state index in [0.717, 1.165) is 5.56 Å². The lowest BCUT2D eigenvalue weighted by Gasteiger charge is -2.14. The molecule has 166 valence electrons. The molecule has 1 atom stereocenters. The number of aromatic nitrogens is 1. The number of aryl methyl sites for hydroxylation is 1. The van der Waals surface area contributed by atoms with Crippen LogP contribution in [0.1, 0.15) is 41.4 Å². The highest BCUT2D eigenvalue weighted by atomic mass is 35.5. The van der Waals surface area contributed by atoms with Crippen LogP contribution in [0.25, 0.3) is 11.1 Å². The molecule has 0 unspecified atom stereocenters. The first-order valence-corrected chi connectivity index (χ1v) is 10.5. The standard InChI is InChI=1S/C24H25ClN4O3/c1-13(2)28-23(31)19-10-16(12-27-22(19)26)18-8-7-17(11-20(18)25)29-24(32)21(30)15-6-4-5-14(3)9-15/h4-13,21,30H,1-3H3,(H2,26,27)(H,28,31)(H,29,32)/t21-/m1/s1. The molecule has 32 heavy (non-hydrogen) atoms. The predicted octanol–water partition coefficient (Wildman–Crippen LogP) is 4.10. The number of nitrogens with zero attached hydrogens (tertiary/aromatic N) is 1. The number of amides is 2. The fourth-order valence-corrected chi connectivity index (χ4v) is 3.46. The summed E-state index contributed by atoms with van der Waals surface area (Å²) in [5.41, 5.74) is 9.23. The van der Waals surface area contributed by atoms with Gasteiger partial charge in [0.15, 0.2) is 6.10 Å². The minimum absolute atomic E-state index is 0.0489. The van der Waals surface area contributed by atoms with Crippen molar-refractivity contribution in [3.8, 4) is 11.1 Å². The van der Waals surface area contributed by atoms with Gasteiger partial charge < -0.3 is 21.5 Å². The van der Waals surface area contributed by atoms with E-state index in [1.165, 1.54) is 6.20 Å². The van der Waals surface area contributed by atoms with Gasteiger partial charge in [-0.1, -0.05) is 47.5 Å². The van der Waals surface area contributed by atoms with Crippen LogP contribution < -0.4 is 16.4 Å². The number of benzene rings is 2. The number of aliphatic hydroxyl groups excluding tert-OH is 1. The Labute approximate surface area is 191 Å². The molecule has 0 aliphatic carbocycles. The van der Waals surface area contributed by atoms with Crippen molar-refractivity contribution in [3.63, 3.8) is 0 Å². The van der Waals surface area contributed by atoms with Gasteiger partial charge in [-0.3, -0.25) is 9.59 Å². The Kier molecular flexibility index (Phi) is 7.12. The van der Waals surface area contributed by atoms with Gasteiger partial charge in [-0.2, -0.15) is 0 Å². The average molecular weight is 453 g/mol. The van der Waals surface area contributed by atoms with Crippen LogP contribution >= 0.6 is 11.6 Å². The Morgan fingerprint density at radius 2 is 1.88 bits per heavy atom. The second kappa shape index (κ2) is 9.80. The van der Waals surface area contributed by atoms with E-state index in [0.29, 0.717) is 27.4 Å². The van der Waals surface area contributed by atoms with Crippen molar-refractivity contribution in [2.45, 2.75) is 32.9 Å². The summed E-state index contributed by atoms with van der Waals surface area (Å²) in [7, 11) is 0. The molecule has 1 aromatic heterocycles. The Bertz CT molecular complexity index is 1160. The van der Waals surface area contributed by atoms with Crippen LogP contribution in [0.4, 0.5) is 11.5 Å². The van der Waals surface area contributed by atoms with Gasteiger partial charge in [-0.05, 0) is 44.5 Å². The molecule has 0 radical (unpaired) electrons. The number of aliphatic hydroxyl groups is 1. The Balaban J connectivity index is 1.81. The van der Waals surface area contributed by atoms with E-state index in [1.807, 2.05) is 26.8 Å². The molecule has 0 spiro atoms. The number of carbonyl (C=O) groups excluding carboxylic acids is 2. The van der Waals surface area contributed by atoms with Gasteiger partial charge >= 0.3 is 0 Å². The van der Waals surface area contributed by atoms with Crippen molar-refractivity contribution in [2.24, 2.45) is 0 Å². The van der Waals surface area contributed by atoms with E-state index in [1.54, 1.807) is 42.5 Å². The second-order valence-corrected chi connectivity index (χ2v) is 8.19. The minimum atomic E-state index is -1.31. The lowest BCUT2D eigenvalue weighted by Crippen LogP contribution is -2.30. The molecule has 0 bridgehead atoms. The van der Waals surface area contributed by atoms with E-state index < -0.39 is 12.0 Å². The summed E-state index contributed by atoms with van der Waals surface area (Å²) in [5, 5.41) is 16.1. The van der Waals surface area contributed by atoms with Gasteiger partial charge in [-0.15, -0.1) is 0 Å². The number of nitrogen functional groups attached to an aromatic ring is 1. The van der Waals surface area contributed by atoms with Crippen molar-refractivity contribution >= 4 is 34.9 Å². The third-order valence-electron chi connectivity index (χ3n) is 4.74. The first-order chi connectivity index (χ1) is 15.2. The van der Waals surface area contributed by atoms with Crippen LogP contribution in [0.15, 0.2) is 54.7 Å². The predicted molar refractivity (Wildman–Crippen MR) is 126 cm³/mol. The molecule has 2 aromatic carbocycles. The number of halogens is 1. The first-order valence-electron chi connectivity index (χ1n) is 10.1. The van der Waals surface area contributed by atoms with Crippen molar-refractivity contribution in [2.75, 3.05) is 11.1 Å².